The molecule has 8 aromatic rings. The molecule has 2 aromatic heterocycles. The Bertz CT molecular complexity index is 2900. The number of nitrogens with zero attached hydrogens (tertiary/aromatic N) is 5. The first-order chi connectivity index (χ1) is 28.0. The van der Waals surface area contributed by atoms with Crippen molar-refractivity contribution in [3.63, 3.8) is 0 Å². The summed E-state index contributed by atoms with van der Waals surface area (Å²) >= 11 is 3.29. The third-order valence-corrected chi connectivity index (χ3v) is 10.2. The Morgan fingerprint density at radius 3 is 1.95 bits per heavy atom. The summed E-state index contributed by atoms with van der Waals surface area (Å²) in [4.78, 5) is 59.6. The molecule has 0 aliphatic carbocycles. The SMILES string of the molecule is CN(C)CCNC(=O)c1cccc2[nH]c3ccc4c(=O)c(Br)ccc4c3nc12.CN(C)CCNC(=O)c1cccc2nc3ccc4c(OCCO)cccc4c3nc12. The molecule has 4 N–H and O–H groups in total. The maximum atomic E-state index is 12.8. The number of ether oxygens (including phenoxy) is 1. The van der Waals surface area contributed by atoms with Gasteiger partial charge in [0.25, 0.3) is 11.8 Å². The normalized spacial score (nSPS) is 11.5. The molecule has 0 spiro atoms. The molecule has 2 heterocycles. The number of hydrogen-bond donors (Lipinski definition) is 4. The monoisotopic (exact) mass is 842 g/mol. The maximum Gasteiger partial charge on any atom is 0.253 e. The molecule has 0 bridgehead atoms. The number of carbonyl (C=O) groups is 2. The molecule has 0 fully saturated rings. The molecule has 296 valence electrons. The maximum absolute atomic E-state index is 12.8. The first-order valence-corrected chi connectivity index (χ1v) is 19.6. The highest BCUT2D eigenvalue weighted by atomic mass is 79.9. The van der Waals surface area contributed by atoms with E-state index in [1.807, 2.05) is 105 Å². The fourth-order valence-electron chi connectivity index (χ4n) is 6.69. The summed E-state index contributed by atoms with van der Waals surface area (Å²) < 4.78 is 6.18. The van der Waals surface area contributed by atoms with Crippen molar-refractivity contribution in [2.24, 2.45) is 0 Å². The highest BCUT2D eigenvalue weighted by Gasteiger charge is 2.16. The van der Waals surface area contributed by atoms with Crippen molar-refractivity contribution in [1.82, 2.24) is 40.4 Å². The molecular formula is C44H43BrN8O5. The minimum atomic E-state index is -0.166. The van der Waals surface area contributed by atoms with Gasteiger partial charge in [0.15, 0.2) is 0 Å². The summed E-state index contributed by atoms with van der Waals surface area (Å²) in [5.41, 5.74) is 6.48. The molecule has 0 atom stereocenters. The number of para-hydroxylation sites is 2. The average Bonchev–Trinajstić information content (AvgIpc) is 3.22. The van der Waals surface area contributed by atoms with Crippen molar-refractivity contribution in [2.45, 2.75) is 0 Å². The lowest BCUT2D eigenvalue weighted by Crippen LogP contribution is -2.31. The summed E-state index contributed by atoms with van der Waals surface area (Å²) in [6.07, 6.45) is 0. The number of halogens is 1. The van der Waals surface area contributed by atoms with E-state index in [0.717, 1.165) is 45.8 Å². The van der Waals surface area contributed by atoms with E-state index in [4.69, 9.17) is 24.8 Å². The Morgan fingerprint density at radius 2 is 1.24 bits per heavy atom. The Labute approximate surface area is 342 Å². The number of aliphatic hydroxyl groups excluding tert-OH is 1. The molecule has 58 heavy (non-hydrogen) atoms. The van der Waals surface area contributed by atoms with Crippen LogP contribution in [0.5, 0.6) is 5.75 Å². The Kier molecular flexibility index (Phi) is 12.2. The molecular weight excluding hydrogens is 800 g/mol. The Morgan fingerprint density at radius 1 is 0.655 bits per heavy atom. The van der Waals surface area contributed by atoms with Gasteiger partial charge in [-0.3, -0.25) is 14.4 Å². The Hall–Kier alpha value is -6.06. The molecule has 0 unspecified atom stereocenters. The number of hydrogen-bond acceptors (Lipinski definition) is 10. The van der Waals surface area contributed by atoms with Crippen LogP contribution in [0.4, 0.5) is 0 Å². The van der Waals surface area contributed by atoms with Crippen LogP contribution in [-0.2, 0) is 0 Å². The standard InChI is InChI=1S/C23H24N4O3.C21H19BrN4O2/c1-27(2)12-11-24-23(29)17-6-3-7-18-22(17)26-21-16-5-4-8-20(30-14-13-28)15(16)9-10-19(21)25-18;1-26(2)11-10-23-21(28)14-4-3-5-16-19(14)25-18-12-6-8-15(22)20(27)13(12)7-9-17(18)24-16/h3-10,28H,11-14H2,1-2H3,(H,24,29);3-9,24H,10-11H2,1-2H3,(H,23,28). The zero-order chi connectivity index (χ0) is 40.9. The average molecular weight is 844 g/mol. The van der Waals surface area contributed by atoms with Crippen molar-refractivity contribution in [2.75, 3.05) is 67.6 Å². The zero-order valence-electron chi connectivity index (χ0n) is 32.6. The van der Waals surface area contributed by atoms with Gasteiger partial charge in [-0.15, -0.1) is 0 Å². The van der Waals surface area contributed by atoms with E-state index in [0.29, 0.717) is 67.4 Å². The van der Waals surface area contributed by atoms with Gasteiger partial charge >= 0.3 is 0 Å². The molecule has 6 aromatic carbocycles. The molecule has 0 radical (unpaired) electrons. The van der Waals surface area contributed by atoms with Crippen LogP contribution in [0.3, 0.4) is 0 Å². The number of H-pyrrole nitrogens is 1. The van der Waals surface area contributed by atoms with E-state index in [9.17, 15) is 14.4 Å². The predicted octanol–water partition coefficient (Wildman–Crippen LogP) is 5.88. The van der Waals surface area contributed by atoms with E-state index in [-0.39, 0.29) is 30.5 Å². The molecule has 0 aliphatic rings. The number of carbonyl (C=O) groups excluding carboxylic acids is 2. The largest absolute Gasteiger partial charge is 0.491 e. The van der Waals surface area contributed by atoms with Gasteiger partial charge in [-0.05, 0) is 105 Å². The first kappa shape index (κ1) is 40.1. The molecule has 8 rings (SSSR count). The topological polar surface area (TPSA) is 166 Å². The van der Waals surface area contributed by atoms with Crippen LogP contribution in [0.15, 0.2) is 100 Å². The molecule has 0 saturated carbocycles. The first-order valence-electron chi connectivity index (χ1n) is 18.8. The van der Waals surface area contributed by atoms with E-state index < -0.39 is 0 Å². The second-order valence-corrected chi connectivity index (χ2v) is 15.1. The number of rotatable bonds is 11. The minimum Gasteiger partial charge on any atom is -0.491 e. The third-order valence-electron chi connectivity index (χ3n) is 9.58. The van der Waals surface area contributed by atoms with Crippen molar-refractivity contribution < 1.29 is 19.4 Å². The summed E-state index contributed by atoms with van der Waals surface area (Å²) in [6, 6.07) is 27.8. The van der Waals surface area contributed by atoms with Gasteiger partial charge in [-0.1, -0.05) is 30.3 Å². The fraction of sp³-hybridized carbons (Fsp3) is 0.227. The second-order valence-electron chi connectivity index (χ2n) is 14.2. The lowest BCUT2D eigenvalue weighted by molar-refractivity contribution is 0.0944. The van der Waals surface area contributed by atoms with Crippen molar-refractivity contribution in [3.05, 3.63) is 117 Å². The molecule has 0 aliphatic heterocycles. The number of aliphatic hydroxyl groups is 1. The number of aromatic nitrogens is 4. The minimum absolute atomic E-state index is 0.0549. The van der Waals surface area contributed by atoms with E-state index in [2.05, 4.69) is 31.5 Å². The second kappa shape index (κ2) is 17.6. The molecule has 13 nitrogen and oxygen atoms in total. The van der Waals surface area contributed by atoms with Crippen molar-refractivity contribution in [3.8, 4) is 5.75 Å². The lowest BCUT2D eigenvalue weighted by atomic mass is 10.1. The van der Waals surface area contributed by atoms with Crippen molar-refractivity contribution in [1.29, 1.82) is 0 Å². The molecule has 14 heteroatoms. The quantitative estimate of drug-likeness (QED) is 0.0913. The highest BCUT2D eigenvalue weighted by Crippen LogP contribution is 2.32. The molecule has 2 amide bonds. The summed E-state index contributed by atoms with van der Waals surface area (Å²) in [7, 11) is 7.84. The van der Waals surface area contributed by atoms with Crippen LogP contribution in [0.1, 0.15) is 20.7 Å². The van der Waals surface area contributed by atoms with Crippen LogP contribution in [0, 0.1) is 0 Å². The molecule has 0 saturated heterocycles. The van der Waals surface area contributed by atoms with Crippen LogP contribution < -0.4 is 20.8 Å². The summed E-state index contributed by atoms with van der Waals surface area (Å²) in [5.74, 6) is 0.351. The van der Waals surface area contributed by atoms with Crippen LogP contribution >= 0.6 is 15.9 Å². The summed E-state index contributed by atoms with van der Waals surface area (Å²) in [6.45, 7) is 2.78. The van der Waals surface area contributed by atoms with Gasteiger partial charge in [-0.2, -0.15) is 0 Å². The van der Waals surface area contributed by atoms with Gasteiger partial charge in [-0.25, -0.2) is 15.0 Å². The Balaban J connectivity index is 0.000000177. The van der Waals surface area contributed by atoms with Crippen LogP contribution in [0.2, 0.25) is 0 Å². The number of amides is 2. The van der Waals surface area contributed by atoms with E-state index >= 15 is 0 Å². The van der Waals surface area contributed by atoms with Gasteiger partial charge < -0.3 is 35.3 Å². The van der Waals surface area contributed by atoms with Gasteiger partial charge in [0.1, 0.15) is 17.9 Å². The smallest absolute Gasteiger partial charge is 0.253 e. The third kappa shape index (κ3) is 8.46. The number of fused-ring (bicyclic) bond motifs is 8. The number of nitrogens with one attached hydrogen (secondary N) is 3. The van der Waals surface area contributed by atoms with Crippen molar-refractivity contribution >= 4 is 93.4 Å². The van der Waals surface area contributed by atoms with Crippen LogP contribution in [0.25, 0.3) is 65.7 Å². The number of benzene rings is 6. The highest BCUT2D eigenvalue weighted by molar-refractivity contribution is 9.10. The number of likely N-dealkylation sites (N-methyl/N-ethyl adjacent to an activating group) is 2. The van der Waals surface area contributed by atoms with E-state index in [1.54, 1.807) is 24.3 Å². The summed E-state index contributed by atoms with van der Waals surface area (Å²) in [5, 5.41) is 18.1. The van der Waals surface area contributed by atoms with Crippen LogP contribution in [-0.4, -0.2) is 114 Å². The fourth-order valence-corrected chi connectivity index (χ4v) is 7.04. The van der Waals surface area contributed by atoms with Gasteiger partial charge in [0.2, 0.25) is 5.43 Å². The van der Waals surface area contributed by atoms with E-state index in [1.165, 1.54) is 0 Å². The predicted molar refractivity (Wildman–Crippen MR) is 234 cm³/mol. The zero-order valence-corrected chi connectivity index (χ0v) is 34.2. The lowest BCUT2D eigenvalue weighted by Gasteiger charge is -2.12. The van der Waals surface area contributed by atoms with Gasteiger partial charge in [0, 0.05) is 47.7 Å². The number of aromatic amines is 1. The van der Waals surface area contributed by atoms with Gasteiger partial charge in [0.05, 0.1) is 60.8 Å².